The third-order valence-electron chi connectivity index (χ3n) is 6.90. The smallest absolute Gasteiger partial charge is 0.131 e. The molecule has 0 amide bonds. The molecule has 1 atom stereocenters. The normalized spacial score (nSPS) is 27.6. The maximum absolute atomic E-state index is 9.03. The number of aromatic nitrogens is 1. The third-order valence-corrected chi connectivity index (χ3v) is 8.07. The SMILES string of the molecule is N#CCC[C@H]1CCc2sc3nccc(OC4CCC(N5CCOCC5)CC4)c3c21. The van der Waals surface area contributed by atoms with Crippen molar-refractivity contribution in [3.8, 4) is 11.8 Å². The van der Waals surface area contributed by atoms with E-state index in [1.807, 2.05) is 17.5 Å². The molecule has 0 N–H and O–H groups in total. The molecule has 0 spiro atoms. The minimum atomic E-state index is 0.299. The first-order chi connectivity index (χ1) is 14.3. The van der Waals surface area contributed by atoms with Crippen molar-refractivity contribution >= 4 is 21.6 Å². The largest absolute Gasteiger partial charge is 0.490 e. The summed E-state index contributed by atoms with van der Waals surface area (Å²) in [5.41, 5.74) is 1.44. The Kier molecular flexibility index (Phi) is 5.72. The molecule has 0 radical (unpaired) electrons. The van der Waals surface area contributed by atoms with Gasteiger partial charge in [0.1, 0.15) is 10.6 Å². The number of hydrogen-bond donors (Lipinski definition) is 0. The van der Waals surface area contributed by atoms with E-state index in [1.54, 1.807) is 0 Å². The first-order valence-electron chi connectivity index (χ1n) is 11.1. The van der Waals surface area contributed by atoms with Gasteiger partial charge in [-0.3, -0.25) is 4.90 Å². The minimum absolute atomic E-state index is 0.299. The number of fused-ring (bicyclic) bond motifs is 3. The predicted molar refractivity (Wildman–Crippen MR) is 115 cm³/mol. The van der Waals surface area contributed by atoms with E-state index in [1.165, 1.54) is 28.7 Å². The van der Waals surface area contributed by atoms with Gasteiger partial charge in [0.2, 0.25) is 0 Å². The molecular weight excluding hydrogens is 382 g/mol. The van der Waals surface area contributed by atoms with E-state index in [2.05, 4.69) is 22.0 Å². The average molecular weight is 412 g/mol. The van der Waals surface area contributed by atoms with E-state index in [0.29, 0.717) is 24.5 Å². The topological polar surface area (TPSA) is 58.4 Å². The summed E-state index contributed by atoms with van der Waals surface area (Å²) in [6.45, 7) is 3.90. The summed E-state index contributed by atoms with van der Waals surface area (Å²) in [6.07, 6.45) is 10.7. The van der Waals surface area contributed by atoms with Gasteiger partial charge in [0.25, 0.3) is 0 Å². The molecule has 0 unspecified atom stereocenters. The van der Waals surface area contributed by atoms with Crippen molar-refractivity contribution in [1.82, 2.24) is 9.88 Å². The molecule has 2 fully saturated rings. The average Bonchev–Trinajstić information content (AvgIpc) is 3.33. The Bertz CT molecular complexity index is 891. The second kappa shape index (κ2) is 8.59. The third kappa shape index (κ3) is 3.88. The zero-order valence-corrected chi connectivity index (χ0v) is 17.8. The highest BCUT2D eigenvalue weighted by molar-refractivity contribution is 7.19. The molecular formula is C23H29N3O2S. The molecule has 6 heteroatoms. The number of nitriles is 1. The van der Waals surface area contributed by atoms with Gasteiger partial charge in [0.05, 0.1) is 30.8 Å². The molecule has 1 saturated heterocycles. The quantitative estimate of drug-likeness (QED) is 0.717. The second-order valence-electron chi connectivity index (χ2n) is 8.56. The zero-order chi connectivity index (χ0) is 19.6. The van der Waals surface area contributed by atoms with Crippen LogP contribution in [0.5, 0.6) is 5.75 Å². The lowest BCUT2D eigenvalue weighted by molar-refractivity contribution is -0.000919. The fourth-order valence-corrected chi connectivity index (χ4v) is 6.66. The van der Waals surface area contributed by atoms with Gasteiger partial charge in [0, 0.05) is 36.6 Å². The fourth-order valence-electron chi connectivity index (χ4n) is 5.41. The van der Waals surface area contributed by atoms with Crippen molar-refractivity contribution < 1.29 is 9.47 Å². The van der Waals surface area contributed by atoms with Gasteiger partial charge in [-0.05, 0) is 62.5 Å². The summed E-state index contributed by atoms with van der Waals surface area (Å²) in [5.74, 6) is 1.51. The van der Waals surface area contributed by atoms with Gasteiger partial charge < -0.3 is 9.47 Å². The van der Waals surface area contributed by atoms with Crippen LogP contribution in [-0.4, -0.2) is 48.3 Å². The molecule has 2 aromatic rings. The molecule has 1 saturated carbocycles. The Hall–Kier alpha value is -1.68. The van der Waals surface area contributed by atoms with Crippen LogP contribution in [0.2, 0.25) is 0 Å². The van der Waals surface area contributed by atoms with Crippen molar-refractivity contribution in [2.75, 3.05) is 26.3 Å². The van der Waals surface area contributed by atoms with Crippen molar-refractivity contribution in [3.63, 3.8) is 0 Å². The molecule has 0 bridgehead atoms. The number of ether oxygens (including phenoxy) is 2. The molecule has 5 nitrogen and oxygen atoms in total. The standard InChI is InChI=1S/C23H29N3O2S/c24-10-1-2-16-3-8-20-21(16)22-19(9-11-25-23(22)29-20)28-18-6-4-17(5-7-18)26-12-14-27-15-13-26/h9,11,16-18H,1-8,12-15H2/t16-,17?,18?/m0/s1. The second-order valence-corrected chi connectivity index (χ2v) is 9.64. The number of nitrogens with zero attached hydrogens (tertiary/aromatic N) is 3. The molecule has 3 aliphatic rings. The Labute approximate surface area is 176 Å². The van der Waals surface area contributed by atoms with Crippen molar-refractivity contribution in [2.45, 2.75) is 69.4 Å². The summed E-state index contributed by atoms with van der Waals surface area (Å²) in [7, 11) is 0. The Morgan fingerprint density at radius 3 is 2.83 bits per heavy atom. The van der Waals surface area contributed by atoms with Crippen LogP contribution in [0.15, 0.2) is 12.3 Å². The van der Waals surface area contributed by atoms with Gasteiger partial charge in [-0.25, -0.2) is 4.98 Å². The van der Waals surface area contributed by atoms with Crippen LogP contribution >= 0.6 is 11.3 Å². The van der Waals surface area contributed by atoms with Crippen LogP contribution in [-0.2, 0) is 11.2 Å². The van der Waals surface area contributed by atoms with E-state index < -0.39 is 0 Å². The molecule has 1 aliphatic heterocycles. The molecule has 154 valence electrons. The Balaban J connectivity index is 1.31. The number of thiophene rings is 1. The van der Waals surface area contributed by atoms with E-state index >= 15 is 0 Å². The molecule has 29 heavy (non-hydrogen) atoms. The van der Waals surface area contributed by atoms with Gasteiger partial charge in [-0.15, -0.1) is 11.3 Å². The van der Waals surface area contributed by atoms with Crippen LogP contribution in [0.1, 0.15) is 61.3 Å². The van der Waals surface area contributed by atoms with Crippen LogP contribution in [0, 0.1) is 11.3 Å². The van der Waals surface area contributed by atoms with Crippen molar-refractivity contribution in [2.24, 2.45) is 0 Å². The summed E-state index contributed by atoms with van der Waals surface area (Å²) < 4.78 is 12.1. The highest BCUT2D eigenvalue weighted by atomic mass is 32.1. The highest BCUT2D eigenvalue weighted by Crippen LogP contribution is 2.48. The fraction of sp³-hybridized carbons (Fsp3) is 0.652. The van der Waals surface area contributed by atoms with Gasteiger partial charge in [-0.2, -0.15) is 5.26 Å². The lowest BCUT2D eigenvalue weighted by Crippen LogP contribution is -2.46. The Morgan fingerprint density at radius 1 is 1.21 bits per heavy atom. The van der Waals surface area contributed by atoms with Gasteiger partial charge in [-0.1, -0.05) is 0 Å². The van der Waals surface area contributed by atoms with Crippen LogP contribution < -0.4 is 4.74 Å². The van der Waals surface area contributed by atoms with Crippen LogP contribution in [0.4, 0.5) is 0 Å². The summed E-state index contributed by atoms with van der Waals surface area (Å²) in [4.78, 5) is 9.82. The number of morpholine rings is 1. The summed E-state index contributed by atoms with van der Waals surface area (Å²) >= 11 is 1.83. The van der Waals surface area contributed by atoms with E-state index in [-0.39, 0.29) is 0 Å². The zero-order valence-electron chi connectivity index (χ0n) is 16.9. The van der Waals surface area contributed by atoms with Crippen molar-refractivity contribution in [1.29, 1.82) is 5.26 Å². The molecule has 0 aromatic carbocycles. The van der Waals surface area contributed by atoms with Crippen molar-refractivity contribution in [3.05, 3.63) is 22.7 Å². The highest BCUT2D eigenvalue weighted by Gasteiger charge is 2.31. The maximum atomic E-state index is 9.03. The number of aryl methyl sites for hydroxylation is 1. The predicted octanol–water partition coefficient (Wildman–Crippen LogP) is 4.65. The first-order valence-corrected chi connectivity index (χ1v) is 11.9. The monoisotopic (exact) mass is 411 g/mol. The van der Waals surface area contributed by atoms with Crippen LogP contribution in [0.3, 0.4) is 0 Å². The van der Waals surface area contributed by atoms with Crippen LogP contribution in [0.25, 0.3) is 10.2 Å². The molecule has 2 aliphatic carbocycles. The minimum Gasteiger partial charge on any atom is -0.490 e. The maximum Gasteiger partial charge on any atom is 0.131 e. The molecule has 2 aromatic heterocycles. The van der Waals surface area contributed by atoms with Gasteiger partial charge >= 0.3 is 0 Å². The van der Waals surface area contributed by atoms with E-state index in [4.69, 9.17) is 14.7 Å². The summed E-state index contributed by atoms with van der Waals surface area (Å²) in [6, 6.07) is 5.07. The number of rotatable bonds is 5. The van der Waals surface area contributed by atoms with E-state index in [0.717, 1.165) is 69.0 Å². The van der Waals surface area contributed by atoms with Gasteiger partial charge in [0.15, 0.2) is 0 Å². The lowest BCUT2D eigenvalue weighted by atomic mass is 9.91. The Morgan fingerprint density at radius 2 is 2.03 bits per heavy atom. The molecule has 3 heterocycles. The number of hydrogen-bond acceptors (Lipinski definition) is 6. The summed E-state index contributed by atoms with van der Waals surface area (Å²) in [5, 5.41) is 10.3. The van der Waals surface area contributed by atoms with E-state index in [9.17, 15) is 0 Å². The lowest BCUT2D eigenvalue weighted by Gasteiger charge is -2.38. The first kappa shape index (κ1) is 19.3. The number of pyridine rings is 1. The molecule has 5 rings (SSSR count).